The molecule has 0 atom stereocenters. The molecule has 1 N–H and O–H groups in total. The molecule has 0 fully saturated rings. The monoisotopic (exact) mass is 364 g/mol. The number of fused-ring (bicyclic) bond motifs is 1. The molecule has 0 unspecified atom stereocenters. The number of hydrogen-bond acceptors (Lipinski definition) is 2. The zero-order valence-electron chi connectivity index (χ0n) is 14.1. The van der Waals surface area contributed by atoms with E-state index >= 15 is 0 Å². The van der Waals surface area contributed by atoms with E-state index in [9.17, 15) is 4.79 Å². The summed E-state index contributed by atoms with van der Waals surface area (Å²) in [5.74, 6) is 5.31. The summed E-state index contributed by atoms with van der Waals surface area (Å²) >= 11 is 5.94. The van der Waals surface area contributed by atoms with E-state index in [1.54, 1.807) is 0 Å². The fourth-order valence-electron chi connectivity index (χ4n) is 2.10. The van der Waals surface area contributed by atoms with Crippen molar-refractivity contribution in [2.75, 3.05) is 7.11 Å². The second kappa shape index (κ2) is 9.93. The fraction of sp³-hybridized carbons (Fsp3) is 0.0455. The van der Waals surface area contributed by atoms with Crippen LogP contribution < -0.4 is 0 Å². The highest BCUT2D eigenvalue weighted by Crippen LogP contribution is 2.15. The van der Waals surface area contributed by atoms with Crippen molar-refractivity contribution >= 4 is 28.3 Å². The number of rotatable bonds is 2. The van der Waals surface area contributed by atoms with E-state index in [2.05, 4.69) is 40.8 Å². The van der Waals surface area contributed by atoms with E-state index < -0.39 is 5.97 Å². The van der Waals surface area contributed by atoms with Gasteiger partial charge in [-0.25, -0.2) is 4.79 Å². The van der Waals surface area contributed by atoms with Crippen molar-refractivity contribution in [3.05, 3.63) is 95.2 Å². The van der Waals surface area contributed by atoms with Gasteiger partial charge in [0.15, 0.2) is 0 Å². The molecule has 0 aliphatic rings. The van der Waals surface area contributed by atoms with Crippen LogP contribution in [0.1, 0.15) is 11.1 Å². The first-order valence-electron chi connectivity index (χ1n) is 7.77. The Morgan fingerprint density at radius 1 is 0.962 bits per heavy atom. The van der Waals surface area contributed by atoms with Crippen LogP contribution in [0.4, 0.5) is 0 Å². The molecule has 0 bridgehead atoms. The van der Waals surface area contributed by atoms with Crippen molar-refractivity contribution in [3.8, 4) is 11.8 Å². The largest absolute Gasteiger partial charge is 0.504 e. The van der Waals surface area contributed by atoms with E-state index in [1.165, 1.54) is 17.9 Å². The molecule has 0 amide bonds. The third-order valence-electron chi connectivity index (χ3n) is 3.27. The van der Waals surface area contributed by atoms with Crippen LogP contribution in [-0.4, -0.2) is 18.2 Å². The molecule has 0 radical (unpaired) electrons. The number of ether oxygens (including phenoxy) is 1. The second-order valence-electron chi connectivity index (χ2n) is 5.20. The molecule has 0 aliphatic carbocycles. The van der Waals surface area contributed by atoms with Crippen molar-refractivity contribution < 1.29 is 14.6 Å². The van der Waals surface area contributed by atoms with Crippen LogP contribution in [0, 0.1) is 11.8 Å². The number of halogens is 1. The number of methoxy groups -OCH3 is 1. The maximum atomic E-state index is 9.59. The number of carbonyl (C=O) groups is 1. The maximum absolute atomic E-state index is 9.59. The molecule has 4 heteroatoms. The number of benzene rings is 3. The Hall–Kier alpha value is -3.22. The van der Waals surface area contributed by atoms with Crippen molar-refractivity contribution in [1.82, 2.24) is 0 Å². The quantitative estimate of drug-likeness (QED) is 0.390. The molecule has 0 saturated carbocycles. The first kappa shape index (κ1) is 19.1. The summed E-state index contributed by atoms with van der Waals surface area (Å²) in [6, 6.07) is 22.1. The zero-order chi connectivity index (χ0) is 18.8. The highest BCUT2D eigenvalue weighted by Gasteiger charge is 1.93. The van der Waals surface area contributed by atoms with Gasteiger partial charge >= 0.3 is 5.97 Å². The Bertz CT molecular complexity index is 981. The predicted molar refractivity (Wildman–Crippen MR) is 105 cm³/mol. The SMILES string of the molecule is COC=CC(=O)O.Clc1cccc(C#Cc2ccc3ccccc3c2)c1. The van der Waals surface area contributed by atoms with Gasteiger partial charge in [0, 0.05) is 16.1 Å². The van der Waals surface area contributed by atoms with Gasteiger partial charge in [-0.05, 0) is 41.1 Å². The van der Waals surface area contributed by atoms with Crippen molar-refractivity contribution in [2.45, 2.75) is 0 Å². The Labute approximate surface area is 157 Å². The van der Waals surface area contributed by atoms with Crippen LogP contribution in [0.3, 0.4) is 0 Å². The Morgan fingerprint density at radius 2 is 1.65 bits per heavy atom. The smallest absolute Gasteiger partial charge is 0.331 e. The van der Waals surface area contributed by atoms with Crippen LogP contribution in [0.25, 0.3) is 10.8 Å². The molecule has 3 aromatic rings. The third kappa shape index (κ3) is 6.35. The van der Waals surface area contributed by atoms with E-state index in [0.717, 1.165) is 23.5 Å². The van der Waals surface area contributed by atoms with Gasteiger partial charge in [0.05, 0.1) is 19.4 Å². The summed E-state index contributed by atoms with van der Waals surface area (Å²) in [4.78, 5) is 9.59. The molecule has 0 aromatic heterocycles. The standard InChI is InChI=1S/C18H11Cl.C4H6O3/c19-18-7-3-4-14(13-18)8-9-15-10-11-16-5-1-2-6-17(16)12-15;1-7-3-2-4(5)6/h1-7,10-13H;2-3H,1H3,(H,5,6). The van der Waals surface area contributed by atoms with Gasteiger partial charge in [-0.1, -0.05) is 59.8 Å². The van der Waals surface area contributed by atoms with Gasteiger partial charge in [-0.2, -0.15) is 0 Å². The molecule has 3 aromatic carbocycles. The molecular formula is C22H17ClO3. The zero-order valence-corrected chi connectivity index (χ0v) is 14.9. The van der Waals surface area contributed by atoms with Gasteiger partial charge in [-0.15, -0.1) is 0 Å². The van der Waals surface area contributed by atoms with Crippen LogP contribution in [0.15, 0.2) is 79.1 Å². The minimum absolute atomic E-state index is 0.713. The average molecular weight is 365 g/mol. The van der Waals surface area contributed by atoms with Crippen molar-refractivity contribution in [3.63, 3.8) is 0 Å². The molecular weight excluding hydrogens is 348 g/mol. The minimum atomic E-state index is -0.998. The van der Waals surface area contributed by atoms with E-state index in [1.807, 2.05) is 42.5 Å². The van der Waals surface area contributed by atoms with Gasteiger partial charge in [0.2, 0.25) is 0 Å². The Morgan fingerprint density at radius 3 is 2.27 bits per heavy atom. The minimum Gasteiger partial charge on any atom is -0.504 e. The van der Waals surface area contributed by atoms with Crippen molar-refractivity contribution in [1.29, 1.82) is 0 Å². The molecule has 3 rings (SSSR count). The van der Waals surface area contributed by atoms with E-state index in [4.69, 9.17) is 16.7 Å². The Balaban J connectivity index is 0.000000298. The van der Waals surface area contributed by atoms with Crippen LogP contribution in [0.2, 0.25) is 5.02 Å². The molecule has 130 valence electrons. The highest BCUT2D eigenvalue weighted by molar-refractivity contribution is 6.30. The summed E-state index contributed by atoms with van der Waals surface area (Å²) in [6.07, 6.45) is 2.02. The van der Waals surface area contributed by atoms with Crippen molar-refractivity contribution in [2.24, 2.45) is 0 Å². The lowest BCUT2D eigenvalue weighted by Gasteiger charge is -1.97. The second-order valence-corrected chi connectivity index (χ2v) is 5.64. The van der Waals surface area contributed by atoms with Crippen LogP contribution in [-0.2, 0) is 9.53 Å². The van der Waals surface area contributed by atoms with Crippen LogP contribution in [0.5, 0.6) is 0 Å². The number of hydrogen-bond donors (Lipinski definition) is 1. The lowest BCUT2D eigenvalue weighted by atomic mass is 10.1. The van der Waals surface area contributed by atoms with Gasteiger partial charge in [0.25, 0.3) is 0 Å². The first-order valence-corrected chi connectivity index (χ1v) is 8.15. The summed E-state index contributed by atoms with van der Waals surface area (Å²) in [7, 11) is 1.39. The van der Waals surface area contributed by atoms with Gasteiger partial charge < -0.3 is 9.84 Å². The number of carboxylic acids is 1. The van der Waals surface area contributed by atoms with Gasteiger partial charge in [-0.3, -0.25) is 0 Å². The summed E-state index contributed by atoms with van der Waals surface area (Å²) in [5.41, 5.74) is 1.94. The lowest BCUT2D eigenvalue weighted by Crippen LogP contribution is -1.85. The summed E-state index contributed by atoms with van der Waals surface area (Å²) < 4.78 is 4.29. The topological polar surface area (TPSA) is 46.5 Å². The normalized spacial score (nSPS) is 9.77. The maximum Gasteiger partial charge on any atom is 0.331 e. The molecule has 0 saturated heterocycles. The fourth-order valence-corrected chi connectivity index (χ4v) is 2.29. The summed E-state index contributed by atoms with van der Waals surface area (Å²) in [6.45, 7) is 0. The average Bonchev–Trinajstić information content (AvgIpc) is 2.65. The first-order chi connectivity index (χ1) is 12.6. The lowest BCUT2D eigenvalue weighted by molar-refractivity contribution is -0.131. The molecule has 26 heavy (non-hydrogen) atoms. The summed E-state index contributed by atoms with van der Waals surface area (Å²) in [5, 5.41) is 11.0. The predicted octanol–water partition coefficient (Wildman–Crippen LogP) is 5.12. The molecule has 3 nitrogen and oxygen atoms in total. The number of aliphatic carboxylic acids is 1. The molecule has 0 spiro atoms. The number of carboxylic acid groups (broad SMARTS) is 1. The molecule has 0 heterocycles. The highest BCUT2D eigenvalue weighted by atomic mass is 35.5. The van der Waals surface area contributed by atoms with Crippen LogP contribution >= 0.6 is 11.6 Å². The third-order valence-corrected chi connectivity index (χ3v) is 3.51. The Kier molecular flexibility index (Phi) is 7.30. The van der Waals surface area contributed by atoms with E-state index in [-0.39, 0.29) is 0 Å². The van der Waals surface area contributed by atoms with E-state index in [0.29, 0.717) is 5.02 Å². The molecule has 0 aliphatic heterocycles. The van der Waals surface area contributed by atoms with Gasteiger partial charge in [0.1, 0.15) is 0 Å².